The van der Waals surface area contributed by atoms with E-state index in [9.17, 15) is 14.4 Å². The van der Waals surface area contributed by atoms with Crippen LogP contribution in [0.3, 0.4) is 0 Å². The van der Waals surface area contributed by atoms with Gasteiger partial charge in [-0.05, 0) is 87.3 Å². The number of aromatic nitrogens is 2. The number of methoxy groups -OCH3 is 4. The number of H-pyrrole nitrogens is 1. The number of amides is 1. The van der Waals surface area contributed by atoms with Gasteiger partial charge in [-0.2, -0.15) is 0 Å². The van der Waals surface area contributed by atoms with Gasteiger partial charge in [0.2, 0.25) is 11.5 Å². The summed E-state index contributed by atoms with van der Waals surface area (Å²) >= 11 is 0. The smallest absolute Gasteiger partial charge is 0.308 e. The van der Waals surface area contributed by atoms with E-state index in [-0.39, 0.29) is 40.3 Å². The number of Topliss-reactive ketones (excluding diaryl/α,β-unsaturated/α-hetero) is 1. The summed E-state index contributed by atoms with van der Waals surface area (Å²) in [4.78, 5) is 51.1. The minimum Gasteiger partial charge on any atom is -0.493 e. The topological polar surface area (TPSA) is 133 Å². The lowest BCUT2D eigenvalue weighted by molar-refractivity contribution is -0.132. The Balaban J connectivity index is 1.19. The molecule has 264 valence electrons. The number of hydrogen-bond acceptors (Lipinski definition) is 10. The van der Waals surface area contributed by atoms with Crippen molar-refractivity contribution in [2.75, 3.05) is 61.2 Å². The number of nitrogens with one attached hydrogen (secondary N) is 1. The summed E-state index contributed by atoms with van der Waals surface area (Å²) in [5.41, 5.74) is 2.75. The Hall–Kier alpha value is -5.10. The van der Waals surface area contributed by atoms with Crippen molar-refractivity contribution in [3.8, 4) is 28.7 Å². The van der Waals surface area contributed by atoms with Crippen LogP contribution >= 0.6 is 0 Å². The van der Waals surface area contributed by atoms with Crippen LogP contribution < -0.4 is 23.7 Å². The summed E-state index contributed by atoms with van der Waals surface area (Å²) in [5.74, 6) is 1.59. The number of aromatic amines is 1. The van der Waals surface area contributed by atoms with Gasteiger partial charge in [0, 0.05) is 36.9 Å². The summed E-state index contributed by atoms with van der Waals surface area (Å²) in [6.45, 7) is 4.72. The summed E-state index contributed by atoms with van der Waals surface area (Å²) in [6, 6.07) is 16.8. The van der Waals surface area contributed by atoms with Crippen molar-refractivity contribution in [3.63, 3.8) is 0 Å². The van der Waals surface area contributed by atoms with Gasteiger partial charge in [0.1, 0.15) is 0 Å². The van der Waals surface area contributed by atoms with Crippen LogP contribution in [0.2, 0.25) is 0 Å². The molecule has 1 atom stereocenters. The molecule has 3 heterocycles. The van der Waals surface area contributed by atoms with Gasteiger partial charge in [-0.25, -0.2) is 4.98 Å². The standard InChI is InChI=1S/C38H44N4O8/c1-24(43)50-35-32(48-4)20-26(21-33(35)49-5)37(45)42-19-15-38(23-42,27-10-11-30(46-2)31(22-27)47-3)14-18-41-16-12-25(13-17-41)34(44)36-39-28-8-6-7-9-29(28)40-36/h6-11,20-22,25H,12-19,23H2,1-5H3,(H,39,40). The number of hydrogen-bond donors (Lipinski definition) is 1. The molecule has 1 amide bonds. The highest BCUT2D eigenvalue weighted by atomic mass is 16.6. The van der Waals surface area contributed by atoms with Crippen molar-refractivity contribution in [2.24, 2.45) is 5.92 Å². The third kappa shape index (κ3) is 6.98. The van der Waals surface area contributed by atoms with Gasteiger partial charge in [0.05, 0.1) is 39.5 Å². The first-order valence-corrected chi connectivity index (χ1v) is 16.9. The van der Waals surface area contributed by atoms with Crippen molar-refractivity contribution in [2.45, 2.75) is 38.0 Å². The van der Waals surface area contributed by atoms with Gasteiger partial charge >= 0.3 is 5.97 Å². The molecule has 2 fully saturated rings. The molecule has 3 aromatic carbocycles. The van der Waals surface area contributed by atoms with Crippen LogP contribution in [0, 0.1) is 5.92 Å². The van der Waals surface area contributed by atoms with Gasteiger partial charge in [-0.3, -0.25) is 14.4 Å². The number of esters is 1. The molecule has 0 bridgehead atoms. The number of ether oxygens (including phenoxy) is 5. The Kier molecular flexibility index (Phi) is 10.3. The number of benzene rings is 3. The molecule has 1 N–H and O–H groups in total. The minimum atomic E-state index is -0.526. The van der Waals surface area contributed by atoms with Crippen LogP contribution in [-0.2, 0) is 10.2 Å². The van der Waals surface area contributed by atoms with Gasteiger partial charge in [0.15, 0.2) is 28.8 Å². The molecule has 2 aliphatic rings. The van der Waals surface area contributed by atoms with Gasteiger partial charge in [0.25, 0.3) is 5.91 Å². The molecular formula is C38H44N4O8. The number of carbonyl (C=O) groups is 3. The zero-order chi connectivity index (χ0) is 35.4. The van der Waals surface area contributed by atoms with Gasteiger partial charge in [-0.1, -0.05) is 18.2 Å². The van der Waals surface area contributed by atoms with E-state index < -0.39 is 5.97 Å². The van der Waals surface area contributed by atoms with Crippen LogP contribution in [0.25, 0.3) is 11.0 Å². The van der Waals surface area contributed by atoms with E-state index in [1.54, 1.807) is 26.4 Å². The van der Waals surface area contributed by atoms with E-state index in [1.807, 2.05) is 41.3 Å². The monoisotopic (exact) mass is 684 g/mol. The molecule has 0 radical (unpaired) electrons. The number of ketones is 1. The predicted octanol–water partition coefficient (Wildman–Crippen LogP) is 5.29. The number of nitrogens with zero attached hydrogens (tertiary/aromatic N) is 3. The molecule has 0 spiro atoms. The van der Waals surface area contributed by atoms with Gasteiger partial charge < -0.3 is 38.5 Å². The van der Waals surface area contributed by atoms with Gasteiger partial charge in [-0.15, -0.1) is 0 Å². The van der Waals surface area contributed by atoms with Crippen LogP contribution in [-0.4, -0.2) is 98.6 Å². The average molecular weight is 685 g/mol. The lowest BCUT2D eigenvalue weighted by Crippen LogP contribution is -2.41. The fraction of sp³-hybridized carbons (Fsp3) is 0.421. The maximum atomic E-state index is 14.1. The Labute approximate surface area is 291 Å². The molecule has 1 aromatic heterocycles. The fourth-order valence-electron chi connectivity index (χ4n) is 7.28. The van der Waals surface area contributed by atoms with Crippen molar-refractivity contribution in [1.82, 2.24) is 19.8 Å². The van der Waals surface area contributed by atoms with Crippen molar-refractivity contribution in [1.29, 1.82) is 0 Å². The first-order valence-electron chi connectivity index (χ1n) is 16.9. The largest absolute Gasteiger partial charge is 0.493 e. The maximum Gasteiger partial charge on any atom is 0.308 e. The third-order valence-electron chi connectivity index (χ3n) is 10.1. The number of piperidine rings is 1. The van der Waals surface area contributed by atoms with E-state index in [0.717, 1.165) is 61.9 Å². The van der Waals surface area contributed by atoms with E-state index in [0.29, 0.717) is 36.0 Å². The maximum absolute atomic E-state index is 14.1. The van der Waals surface area contributed by atoms with Crippen LogP contribution in [0.4, 0.5) is 0 Å². The SMILES string of the molecule is COc1ccc(C2(CCN3CCC(C(=O)c4nc5ccccc5[nH]4)CC3)CCN(C(=O)c3cc(OC)c(OC(C)=O)c(OC)c3)C2)cc1OC. The summed E-state index contributed by atoms with van der Waals surface area (Å²) in [7, 11) is 6.13. The molecule has 2 saturated heterocycles. The van der Waals surface area contributed by atoms with E-state index in [2.05, 4.69) is 20.9 Å². The van der Waals surface area contributed by atoms with E-state index >= 15 is 0 Å². The highest BCUT2D eigenvalue weighted by Gasteiger charge is 2.43. The third-order valence-corrected chi connectivity index (χ3v) is 10.1. The number of likely N-dealkylation sites (tertiary alicyclic amines) is 2. The summed E-state index contributed by atoms with van der Waals surface area (Å²) in [6.07, 6.45) is 3.06. The molecule has 2 aliphatic heterocycles. The number of rotatable bonds is 12. The average Bonchev–Trinajstić information content (AvgIpc) is 3.79. The zero-order valence-electron chi connectivity index (χ0n) is 29.2. The first-order chi connectivity index (χ1) is 24.2. The highest BCUT2D eigenvalue weighted by Crippen LogP contribution is 2.43. The quantitative estimate of drug-likeness (QED) is 0.119. The van der Waals surface area contributed by atoms with E-state index in [4.69, 9.17) is 23.7 Å². The van der Waals surface area contributed by atoms with Crippen molar-refractivity contribution >= 4 is 28.7 Å². The Morgan fingerprint density at radius 2 is 1.54 bits per heavy atom. The first kappa shape index (κ1) is 34.8. The Bertz CT molecular complexity index is 1820. The van der Waals surface area contributed by atoms with Crippen molar-refractivity contribution in [3.05, 3.63) is 71.5 Å². The second-order valence-electron chi connectivity index (χ2n) is 13.0. The lowest BCUT2D eigenvalue weighted by Gasteiger charge is -2.36. The normalized spacial score (nSPS) is 18.2. The number of fused-ring (bicyclic) bond motifs is 1. The minimum absolute atomic E-state index is 0.0711. The van der Waals surface area contributed by atoms with Crippen molar-refractivity contribution < 1.29 is 38.1 Å². The Morgan fingerprint density at radius 1 is 0.860 bits per heavy atom. The molecule has 4 aromatic rings. The van der Waals surface area contributed by atoms with Crippen LogP contribution in [0.1, 0.15) is 59.1 Å². The zero-order valence-corrected chi connectivity index (χ0v) is 29.2. The molecule has 1 unspecified atom stereocenters. The molecule has 12 heteroatoms. The number of imidazole rings is 1. The fourth-order valence-corrected chi connectivity index (χ4v) is 7.28. The molecule has 12 nitrogen and oxygen atoms in total. The Morgan fingerprint density at radius 3 is 2.18 bits per heavy atom. The molecule has 0 aliphatic carbocycles. The molecule has 0 saturated carbocycles. The predicted molar refractivity (Wildman–Crippen MR) is 187 cm³/mol. The molecule has 50 heavy (non-hydrogen) atoms. The number of carbonyl (C=O) groups excluding carboxylic acids is 3. The highest BCUT2D eigenvalue weighted by molar-refractivity contribution is 5.97. The summed E-state index contributed by atoms with van der Waals surface area (Å²) < 4.78 is 27.5. The molecule has 6 rings (SSSR count). The second-order valence-corrected chi connectivity index (χ2v) is 13.0. The second kappa shape index (κ2) is 14.8. The van der Waals surface area contributed by atoms with E-state index in [1.165, 1.54) is 21.1 Å². The lowest BCUT2D eigenvalue weighted by atomic mass is 9.76. The molecular weight excluding hydrogens is 640 g/mol. The van der Waals surface area contributed by atoms with Crippen LogP contribution in [0.5, 0.6) is 28.7 Å². The van der Waals surface area contributed by atoms with Crippen LogP contribution in [0.15, 0.2) is 54.6 Å². The summed E-state index contributed by atoms with van der Waals surface area (Å²) in [5, 5.41) is 0. The number of para-hydroxylation sites is 2.